The number of carbonyl (C=O) groups excluding carboxylic acids is 1. The summed E-state index contributed by atoms with van der Waals surface area (Å²) in [4.78, 5) is 26.0. The zero-order chi connectivity index (χ0) is 22.3. The number of aryl methyl sites for hydroxylation is 1. The zero-order valence-corrected chi connectivity index (χ0v) is 17.9. The topological polar surface area (TPSA) is 113 Å². The highest BCUT2D eigenvalue weighted by molar-refractivity contribution is 5.84. The molecule has 1 aliphatic rings. The molecule has 3 N–H and O–H groups in total. The molecule has 160 valence electrons. The second-order valence-electron chi connectivity index (χ2n) is 8.15. The van der Waals surface area contributed by atoms with Crippen LogP contribution in [0.1, 0.15) is 37.0 Å². The standard InChI is InChI=1S/C23H25N5O3/c1-13-18(19(29)20(30)23(13,3)22(31)24-4)28-12-25-17-14(2)26-16(27-21(17)28)11-10-15-8-6-5-7-9-15/h5-9,12-13,18-20,29-30H,1-4H3,(H,24,31)/t13-,18-,19+,20?,23?/m1/s1. The van der Waals surface area contributed by atoms with Crippen molar-refractivity contribution < 1.29 is 15.0 Å². The largest absolute Gasteiger partial charge is 0.389 e. The number of carbonyl (C=O) groups is 1. The second kappa shape index (κ2) is 7.76. The van der Waals surface area contributed by atoms with E-state index in [1.54, 1.807) is 17.8 Å². The van der Waals surface area contributed by atoms with Crippen molar-refractivity contribution in [2.24, 2.45) is 11.3 Å². The Bertz CT molecular complexity index is 1200. The molecule has 8 nitrogen and oxygen atoms in total. The predicted octanol–water partition coefficient (Wildman–Crippen LogP) is 1.20. The summed E-state index contributed by atoms with van der Waals surface area (Å²) in [6.07, 6.45) is -0.818. The van der Waals surface area contributed by atoms with Gasteiger partial charge in [0.2, 0.25) is 11.7 Å². The molecule has 2 unspecified atom stereocenters. The maximum absolute atomic E-state index is 12.6. The van der Waals surface area contributed by atoms with Gasteiger partial charge in [-0.2, -0.15) is 0 Å². The third-order valence-electron chi connectivity index (χ3n) is 6.47. The molecule has 31 heavy (non-hydrogen) atoms. The molecule has 1 fully saturated rings. The van der Waals surface area contributed by atoms with Gasteiger partial charge in [-0.3, -0.25) is 4.79 Å². The molecule has 2 aromatic heterocycles. The molecule has 1 amide bonds. The van der Waals surface area contributed by atoms with Crippen LogP contribution in [0.2, 0.25) is 0 Å². The molecule has 0 radical (unpaired) electrons. The summed E-state index contributed by atoms with van der Waals surface area (Å²) in [5, 5.41) is 24.2. The Morgan fingerprint density at radius 1 is 1.19 bits per heavy atom. The molecule has 1 aliphatic carbocycles. The van der Waals surface area contributed by atoms with E-state index in [1.165, 1.54) is 7.05 Å². The summed E-state index contributed by atoms with van der Waals surface area (Å²) >= 11 is 0. The fraction of sp³-hybridized carbons (Fsp3) is 0.391. The van der Waals surface area contributed by atoms with Crippen LogP contribution in [0.3, 0.4) is 0 Å². The van der Waals surface area contributed by atoms with E-state index in [4.69, 9.17) is 0 Å². The summed E-state index contributed by atoms with van der Waals surface area (Å²) in [6.45, 7) is 5.34. The number of imidazole rings is 1. The van der Waals surface area contributed by atoms with Gasteiger partial charge in [0.1, 0.15) is 11.6 Å². The van der Waals surface area contributed by atoms with Crippen LogP contribution in [0, 0.1) is 30.1 Å². The quantitative estimate of drug-likeness (QED) is 0.538. The molecule has 1 aromatic carbocycles. The number of nitrogens with one attached hydrogen (secondary N) is 1. The highest BCUT2D eigenvalue weighted by Gasteiger charge is 2.59. The van der Waals surface area contributed by atoms with Gasteiger partial charge in [-0.25, -0.2) is 15.0 Å². The van der Waals surface area contributed by atoms with E-state index in [-0.39, 0.29) is 11.8 Å². The number of fused-ring (bicyclic) bond motifs is 1. The van der Waals surface area contributed by atoms with Crippen LogP contribution in [0.25, 0.3) is 11.2 Å². The number of rotatable bonds is 2. The molecule has 0 saturated heterocycles. The minimum atomic E-state index is -1.23. The van der Waals surface area contributed by atoms with Crippen LogP contribution in [0.4, 0.5) is 0 Å². The van der Waals surface area contributed by atoms with Crippen LogP contribution in [0.5, 0.6) is 0 Å². The van der Waals surface area contributed by atoms with Crippen molar-refractivity contribution in [1.29, 1.82) is 0 Å². The number of hydrogen-bond acceptors (Lipinski definition) is 6. The fourth-order valence-electron chi connectivity index (χ4n) is 4.46. The van der Waals surface area contributed by atoms with E-state index in [0.29, 0.717) is 22.7 Å². The smallest absolute Gasteiger partial charge is 0.228 e. The molecule has 4 rings (SSSR count). The van der Waals surface area contributed by atoms with E-state index in [1.807, 2.05) is 44.2 Å². The lowest BCUT2D eigenvalue weighted by Gasteiger charge is -2.31. The van der Waals surface area contributed by atoms with Crippen molar-refractivity contribution >= 4 is 17.1 Å². The summed E-state index contributed by atoms with van der Waals surface area (Å²) < 4.78 is 1.73. The Labute approximate surface area is 180 Å². The van der Waals surface area contributed by atoms with Gasteiger partial charge >= 0.3 is 0 Å². The van der Waals surface area contributed by atoms with Gasteiger partial charge in [-0.1, -0.05) is 31.0 Å². The fourth-order valence-corrected chi connectivity index (χ4v) is 4.46. The van der Waals surface area contributed by atoms with E-state index < -0.39 is 23.7 Å². The third-order valence-corrected chi connectivity index (χ3v) is 6.47. The van der Waals surface area contributed by atoms with E-state index >= 15 is 0 Å². The van der Waals surface area contributed by atoms with Gasteiger partial charge in [-0.05, 0) is 37.8 Å². The summed E-state index contributed by atoms with van der Waals surface area (Å²) in [5.74, 6) is 5.67. The predicted molar refractivity (Wildman–Crippen MR) is 115 cm³/mol. The Balaban J connectivity index is 1.79. The monoisotopic (exact) mass is 419 g/mol. The number of aliphatic hydroxyl groups is 2. The SMILES string of the molecule is CNC(=O)C1(C)C(O)[C@@H](O)[C@H](n2cnc3c(C)nc(C#Cc4ccccc4)nc32)[C@H]1C. The first kappa shape index (κ1) is 21.0. The number of nitrogens with zero attached hydrogens (tertiary/aromatic N) is 4. The molecule has 8 heteroatoms. The Morgan fingerprint density at radius 2 is 1.90 bits per heavy atom. The van der Waals surface area contributed by atoms with Crippen LogP contribution in [0.15, 0.2) is 36.7 Å². The van der Waals surface area contributed by atoms with Gasteiger partial charge in [0.05, 0.1) is 29.6 Å². The molecular weight excluding hydrogens is 394 g/mol. The number of amides is 1. The molecule has 3 aromatic rings. The summed E-state index contributed by atoms with van der Waals surface area (Å²) in [5.41, 5.74) is 1.45. The number of aromatic nitrogens is 4. The van der Waals surface area contributed by atoms with Crippen LogP contribution >= 0.6 is 0 Å². The van der Waals surface area contributed by atoms with Crippen molar-refractivity contribution in [1.82, 2.24) is 24.8 Å². The first-order valence-electron chi connectivity index (χ1n) is 10.2. The lowest BCUT2D eigenvalue weighted by molar-refractivity contribution is -0.139. The maximum atomic E-state index is 12.6. The lowest BCUT2D eigenvalue weighted by atomic mass is 9.77. The van der Waals surface area contributed by atoms with Gasteiger partial charge < -0.3 is 20.1 Å². The second-order valence-corrected chi connectivity index (χ2v) is 8.15. The van der Waals surface area contributed by atoms with Crippen molar-refractivity contribution in [2.45, 2.75) is 39.0 Å². The van der Waals surface area contributed by atoms with Crippen molar-refractivity contribution in [3.8, 4) is 11.8 Å². The Morgan fingerprint density at radius 3 is 2.58 bits per heavy atom. The maximum Gasteiger partial charge on any atom is 0.228 e. The van der Waals surface area contributed by atoms with Gasteiger partial charge in [-0.15, -0.1) is 0 Å². The van der Waals surface area contributed by atoms with E-state index in [0.717, 1.165) is 5.56 Å². The number of hydrogen-bond donors (Lipinski definition) is 3. The van der Waals surface area contributed by atoms with Crippen LogP contribution < -0.4 is 5.32 Å². The van der Waals surface area contributed by atoms with Crippen molar-refractivity contribution in [3.05, 3.63) is 53.7 Å². The van der Waals surface area contributed by atoms with E-state index in [9.17, 15) is 15.0 Å². The average Bonchev–Trinajstić information content (AvgIpc) is 3.27. The van der Waals surface area contributed by atoms with Gasteiger partial charge in [0, 0.05) is 12.6 Å². The molecule has 5 atom stereocenters. The molecule has 0 bridgehead atoms. The Hall–Kier alpha value is -3.28. The van der Waals surface area contributed by atoms with Crippen molar-refractivity contribution in [3.63, 3.8) is 0 Å². The highest BCUT2D eigenvalue weighted by atomic mass is 16.3. The van der Waals surface area contributed by atoms with Gasteiger partial charge in [0.25, 0.3) is 0 Å². The zero-order valence-electron chi connectivity index (χ0n) is 17.9. The first-order chi connectivity index (χ1) is 14.8. The average molecular weight is 419 g/mol. The molecule has 2 heterocycles. The van der Waals surface area contributed by atoms with Crippen molar-refractivity contribution in [2.75, 3.05) is 7.05 Å². The lowest BCUT2D eigenvalue weighted by Crippen LogP contribution is -2.47. The molecule has 1 saturated carbocycles. The highest BCUT2D eigenvalue weighted by Crippen LogP contribution is 2.50. The number of benzene rings is 1. The minimum absolute atomic E-state index is 0.321. The van der Waals surface area contributed by atoms with E-state index in [2.05, 4.69) is 32.1 Å². The molecular formula is C23H25N5O3. The summed E-state index contributed by atoms with van der Waals surface area (Å²) in [6, 6.07) is 8.95. The normalized spacial score (nSPS) is 27.7. The van der Waals surface area contributed by atoms with Crippen LogP contribution in [-0.2, 0) is 4.79 Å². The third kappa shape index (κ3) is 3.26. The summed E-state index contributed by atoms with van der Waals surface area (Å²) in [7, 11) is 1.52. The van der Waals surface area contributed by atoms with Gasteiger partial charge in [0.15, 0.2) is 5.65 Å². The Kier molecular flexibility index (Phi) is 5.25. The van der Waals surface area contributed by atoms with Crippen LogP contribution in [-0.4, -0.2) is 54.9 Å². The minimum Gasteiger partial charge on any atom is -0.389 e. The number of aliphatic hydroxyl groups excluding tert-OH is 2. The molecule has 0 aliphatic heterocycles. The molecule has 0 spiro atoms. The first-order valence-corrected chi connectivity index (χ1v) is 10.2.